The smallest absolute Gasteiger partial charge is 0.219 e. The van der Waals surface area contributed by atoms with Gasteiger partial charge in [-0.1, -0.05) is 12.1 Å². The molecule has 0 aliphatic carbocycles. The largest absolute Gasteiger partial charge is 0.383 e. The SMILES string of the molecule is CC(=O)N1CCC(NC2CCOC2)=C(C(N)=Nc2cccc(C(C)(C)C#N)c2)C1. The number of hydrogen-bond acceptors (Lipinski definition) is 5. The normalized spacial score (nSPS) is 20.6. The first-order chi connectivity index (χ1) is 13.8. The summed E-state index contributed by atoms with van der Waals surface area (Å²) in [6.07, 6.45) is 1.67. The van der Waals surface area contributed by atoms with Crippen LogP contribution < -0.4 is 11.1 Å². The summed E-state index contributed by atoms with van der Waals surface area (Å²) in [6.45, 7) is 7.85. The lowest BCUT2D eigenvalue weighted by atomic mass is 9.86. The molecule has 1 aromatic rings. The van der Waals surface area contributed by atoms with Gasteiger partial charge in [0.1, 0.15) is 5.84 Å². The van der Waals surface area contributed by atoms with Crippen molar-refractivity contribution in [3.8, 4) is 6.07 Å². The molecule has 1 unspecified atom stereocenters. The zero-order valence-electron chi connectivity index (χ0n) is 17.4. The van der Waals surface area contributed by atoms with Crippen molar-refractivity contribution in [1.29, 1.82) is 5.26 Å². The number of hydrogen-bond donors (Lipinski definition) is 2. The van der Waals surface area contributed by atoms with E-state index in [0.29, 0.717) is 37.6 Å². The Morgan fingerprint density at radius 3 is 2.90 bits per heavy atom. The Morgan fingerprint density at radius 1 is 1.45 bits per heavy atom. The first kappa shape index (κ1) is 20.9. The van der Waals surface area contributed by atoms with E-state index < -0.39 is 5.41 Å². The average Bonchev–Trinajstić information content (AvgIpc) is 3.21. The van der Waals surface area contributed by atoms with Gasteiger partial charge in [-0.25, -0.2) is 4.99 Å². The molecule has 0 bridgehead atoms. The number of nitrogens with two attached hydrogens (primary N) is 1. The molecule has 1 saturated heterocycles. The highest BCUT2D eigenvalue weighted by Gasteiger charge is 2.26. The Bertz CT molecular complexity index is 875. The van der Waals surface area contributed by atoms with E-state index in [4.69, 9.17) is 10.5 Å². The minimum atomic E-state index is -0.606. The van der Waals surface area contributed by atoms with Gasteiger partial charge in [-0.2, -0.15) is 5.26 Å². The molecule has 1 atom stereocenters. The zero-order valence-corrected chi connectivity index (χ0v) is 17.4. The standard InChI is InChI=1S/C22H29N5O2/c1-15(28)27-9-7-20(25-18-8-10-29-13-18)19(12-27)21(24)26-17-6-4-5-16(11-17)22(2,3)14-23/h4-6,11,18,25H,7-10,12-13H2,1-3H3,(H2,24,26). The topological polar surface area (TPSA) is 104 Å². The van der Waals surface area contributed by atoms with E-state index in [1.54, 1.807) is 11.8 Å². The number of nitriles is 1. The lowest BCUT2D eigenvalue weighted by Crippen LogP contribution is -2.43. The monoisotopic (exact) mass is 395 g/mol. The van der Waals surface area contributed by atoms with Crippen LogP contribution in [0.4, 0.5) is 5.69 Å². The van der Waals surface area contributed by atoms with Crippen LogP contribution in [0.3, 0.4) is 0 Å². The van der Waals surface area contributed by atoms with E-state index in [0.717, 1.165) is 29.9 Å². The maximum absolute atomic E-state index is 11.9. The Hall–Kier alpha value is -2.85. The molecule has 7 heteroatoms. The molecule has 3 N–H and O–H groups in total. The van der Waals surface area contributed by atoms with Gasteiger partial charge in [-0.3, -0.25) is 4.79 Å². The Kier molecular flexibility index (Phi) is 6.23. The van der Waals surface area contributed by atoms with Crippen molar-refractivity contribution in [2.75, 3.05) is 26.3 Å². The van der Waals surface area contributed by atoms with Crippen LogP contribution >= 0.6 is 0 Å². The predicted octanol–water partition coefficient (Wildman–Crippen LogP) is 2.36. The van der Waals surface area contributed by atoms with E-state index in [1.807, 2.05) is 38.1 Å². The second kappa shape index (κ2) is 8.66. The van der Waals surface area contributed by atoms with Gasteiger partial charge < -0.3 is 20.7 Å². The molecule has 2 aliphatic heterocycles. The number of amides is 1. The number of rotatable bonds is 5. The Labute approximate surface area is 172 Å². The highest BCUT2D eigenvalue weighted by molar-refractivity contribution is 6.00. The van der Waals surface area contributed by atoms with E-state index in [2.05, 4.69) is 16.4 Å². The number of nitrogens with one attached hydrogen (secondary N) is 1. The van der Waals surface area contributed by atoms with E-state index in [-0.39, 0.29) is 11.9 Å². The van der Waals surface area contributed by atoms with Gasteiger partial charge in [0.05, 0.1) is 36.4 Å². The molecule has 1 amide bonds. The molecule has 0 aromatic heterocycles. The minimum Gasteiger partial charge on any atom is -0.383 e. The number of carbonyl (C=O) groups is 1. The summed E-state index contributed by atoms with van der Waals surface area (Å²) in [5.41, 5.74) is 9.28. The first-order valence-electron chi connectivity index (χ1n) is 9.98. The van der Waals surface area contributed by atoms with Gasteiger partial charge in [0, 0.05) is 37.8 Å². The van der Waals surface area contributed by atoms with E-state index in [1.165, 1.54) is 0 Å². The zero-order chi connectivity index (χ0) is 21.0. The van der Waals surface area contributed by atoms with Crippen LogP contribution in [-0.2, 0) is 14.9 Å². The lowest BCUT2D eigenvalue weighted by molar-refractivity contribution is -0.128. The van der Waals surface area contributed by atoms with E-state index in [9.17, 15) is 10.1 Å². The second-order valence-corrected chi connectivity index (χ2v) is 8.14. The van der Waals surface area contributed by atoms with Crippen molar-refractivity contribution in [2.24, 2.45) is 10.7 Å². The molecule has 1 fully saturated rings. The first-order valence-corrected chi connectivity index (χ1v) is 9.98. The predicted molar refractivity (Wildman–Crippen MR) is 113 cm³/mol. The Balaban J connectivity index is 1.92. The maximum atomic E-state index is 11.9. The summed E-state index contributed by atoms with van der Waals surface area (Å²) in [4.78, 5) is 18.3. The summed E-state index contributed by atoms with van der Waals surface area (Å²) >= 11 is 0. The molecular weight excluding hydrogens is 366 g/mol. The van der Waals surface area contributed by atoms with Crippen molar-refractivity contribution < 1.29 is 9.53 Å². The third kappa shape index (κ3) is 4.96. The molecule has 0 saturated carbocycles. The van der Waals surface area contributed by atoms with Crippen LogP contribution in [-0.4, -0.2) is 49.0 Å². The Morgan fingerprint density at radius 2 is 2.24 bits per heavy atom. The van der Waals surface area contributed by atoms with Gasteiger partial charge in [-0.05, 0) is 38.0 Å². The van der Waals surface area contributed by atoms with Crippen LogP contribution in [0.5, 0.6) is 0 Å². The molecule has 2 aliphatic rings. The fraction of sp³-hybridized carbons (Fsp3) is 0.500. The molecule has 0 spiro atoms. The molecule has 29 heavy (non-hydrogen) atoms. The number of nitrogens with zero attached hydrogens (tertiary/aromatic N) is 3. The van der Waals surface area contributed by atoms with Crippen molar-refractivity contribution in [3.05, 3.63) is 41.1 Å². The highest BCUT2D eigenvalue weighted by Crippen LogP contribution is 2.27. The fourth-order valence-corrected chi connectivity index (χ4v) is 3.56. The van der Waals surface area contributed by atoms with Gasteiger partial charge >= 0.3 is 0 Å². The molecule has 3 rings (SSSR count). The minimum absolute atomic E-state index is 0.0244. The highest BCUT2D eigenvalue weighted by atomic mass is 16.5. The quantitative estimate of drug-likeness (QED) is 0.588. The summed E-state index contributed by atoms with van der Waals surface area (Å²) in [5.74, 6) is 0.417. The summed E-state index contributed by atoms with van der Waals surface area (Å²) in [5, 5.41) is 13.0. The van der Waals surface area contributed by atoms with Gasteiger partial charge in [0.15, 0.2) is 0 Å². The van der Waals surface area contributed by atoms with Crippen molar-refractivity contribution in [3.63, 3.8) is 0 Å². The number of aliphatic imine (C=N–C) groups is 1. The van der Waals surface area contributed by atoms with Crippen LogP contribution in [0, 0.1) is 11.3 Å². The summed E-state index contributed by atoms with van der Waals surface area (Å²) < 4.78 is 5.47. The molecule has 1 aromatic carbocycles. The van der Waals surface area contributed by atoms with Crippen LogP contribution in [0.25, 0.3) is 0 Å². The van der Waals surface area contributed by atoms with Crippen LogP contribution in [0.1, 0.15) is 39.2 Å². The molecule has 7 nitrogen and oxygen atoms in total. The lowest BCUT2D eigenvalue weighted by Gasteiger charge is -2.31. The van der Waals surface area contributed by atoms with Gasteiger partial charge in [0.2, 0.25) is 5.91 Å². The summed E-state index contributed by atoms with van der Waals surface area (Å²) in [6, 6.07) is 10.1. The second-order valence-electron chi connectivity index (χ2n) is 8.14. The fourth-order valence-electron chi connectivity index (χ4n) is 3.56. The van der Waals surface area contributed by atoms with Crippen LogP contribution in [0.2, 0.25) is 0 Å². The maximum Gasteiger partial charge on any atom is 0.219 e. The van der Waals surface area contributed by atoms with Crippen molar-refractivity contribution in [2.45, 2.75) is 45.1 Å². The number of amidine groups is 1. The van der Waals surface area contributed by atoms with E-state index >= 15 is 0 Å². The third-order valence-electron chi connectivity index (χ3n) is 5.50. The number of carbonyl (C=O) groups excluding carboxylic acids is 1. The van der Waals surface area contributed by atoms with Crippen molar-refractivity contribution >= 4 is 17.4 Å². The van der Waals surface area contributed by atoms with Gasteiger partial charge in [-0.15, -0.1) is 0 Å². The number of benzene rings is 1. The third-order valence-corrected chi connectivity index (χ3v) is 5.50. The van der Waals surface area contributed by atoms with Crippen molar-refractivity contribution in [1.82, 2.24) is 10.2 Å². The molecular formula is C22H29N5O2. The van der Waals surface area contributed by atoms with Gasteiger partial charge in [0.25, 0.3) is 0 Å². The molecule has 2 heterocycles. The summed E-state index contributed by atoms with van der Waals surface area (Å²) in [7, 11) is 0. The molecule has 154 valence electrons. The average molecular weight is 396 g/mol. The van der Waals surface area contributed by atoms with Crippen LogP contribution in [0.15, 0.2) is 40.5 Å². The number of ether oxygens (including phenoxy) is 1. The molecule has 0 radical (unpaired) electrons.